The van der Waals surface area contributed by atoms with Crippen LogP contribution in [0, 0.1) is 0 Å². The molecule has 1 aliphatic rings. The largest absolute Gasteiger partial charge is 0.417 e. The van der Waals surface area contributed by atoms with Gasteiger partial charge in [-0.25, -0.2) is 17.9 Å². The lowest BCUT2D eigenvalue weighted by Gasteiger charge is -2.22. The highest BCUT2D eigenvalue weighted by Gasteiger charge is 2.19. The lowest BCUT2D eigenvalue weighted by molar-refractivity contribution is -0.120. The van der Waals surface area contributed by atoms with Crippen LogP contribution in [-0.2, 0) is 14.8 Å². The monoisotopic (exact) mass is 353 g/mol. The first-order valence-electron chi connectivity index (χ1n) is 7.86. The number of aromatic amines is 1. The maximum absolute atomic E-state index is 12.3. The number of oxazole rings is 1. The molecule has 1 heterocycles. The smallest absolute Gasteiger partial charge is 0.408 e. The number of rotatable bonds is 5. The summed E-state index contributed by atoms with van der Waals surface area (Å²) in [5.41, 5.74) is 0.559. The van der Waals surface area contributed by atoms with Gasteiger partial charge in [-0.2, -0.15) is 0 Å². The van der Waals surface area contributed by atoms with Gasteiger partial charge in [0.1, 0.15) is 0 Å². The van der Waals surface area contributed by atoms with E-state index < -0.39 is 15.8 Å². The Hall–Kier alpha value is -2.13. The molecule has 0 atom stereocenters. The van der Waals surface area contributed by atoms with Crippen molar-refractivity contribution in [3.63, 3.8) is 0 Å². The molecule has 0 aliphatic heterocycles. The van der Waals surface area contributed by atoms with Crippen LogP contribution >= 0.6 is 0 Å². The van der Waals surface area contributed by atoms with E-state index in [2.05, 4.69) is 15.0 Å². The molecule has 2 aromatic rings. The third-order valence-corrected chi connectivity index (χ3v) is 5.49. The van der Waals surface area contributed by atoms with Gasteiger partial charge in [-0.3, -0.25) is 9.78 Å². The summed E-state index contributed by atoms with van der Waals surface area (Å²) in [7, 11) is -3.87. The van der Waals surface area contributed by atoms with Gasteiger partial charge in [0.15, 0.2) is 5.58 Å². The Morgan fingerprint density at radius 2 is 2.00 bits per heavy atom. The Labute approximate surface area is 138 Å². The second-order valence-corrected chi connectivity index (χ2v) is 7.67. The number of H-pyrrole nitrogens is 1. The number of benzene rings is 1. The van der Waals surface area contributed by atoms with Crippen LogP contribution in [0.3, 0.4) is 0 Å². The summed E-state index contributed by atoms with van der Waals surface area (Å²) < 4.78 is 31.6. The number of sulfonamides is 1. The molecule has 1 aliphatic carbocycles. The quantitative estimate of drug-likeness (QED) is 0.736. The van der Waals surface area contributed by atoms with Gasteiger partial charge < -0.3 is 9.73 Å². The van der Waals surface area contributed by atoms with Gasteiger partial charge in [-0.15, -0.1) is 0 Å². The van der Waals surface area contributed by atoms with E-state index in [0.29, 0.717) is 5.52 Å². The Morgan fingerprint density at radius 1 is 1.25 bits per heavy atom. The van der Waals surface area contributed by atoms with E-state index in [4.69, 9.17) is 4.42 Å². The number of nitrogens with one attached hydrogen (secondary N) is 3. The van der Waals surface area contributed by atoms with Crippen molar-refractivity contribution in [1.82, 2.24) is 15.0 Å². The van der Waals surface area contributed by atoms with Crippen molar-refractivity contribution in [3.05, 3.63) is 28.7 Å². The van der Waals surface area contributed by atoms with Crippen molar-refractivity contribution >= 4 is 27.0 Å². The zero-order chi connectivity index (χ0) is 17.2. The fraction of sp³-hybridized carbons (Fsp3) is 0.467. The predicted octanol–water partition coefficient (Wildman–Crippen LogP) is 0.848. The number of fused-ring (bicyclic) bond motifs is 1. The molecular formula is C15H19N3O5S. The van der Waals surface area contributed by atoms with Crippen LogP contribution in [-0.4, -0.2) is 31.9 Å². The molecule has 3 N–H and O–H groups in total. The van der Waals surface area contributed by atoms with Gasteiger partial charge in [0.2, 0.25) is 15.9 Å². The lowest BCUT2D eigenvalue weighted by Crippen LogP contribution is -2.42. The molecule has 1 aromatic heterocycles. The summed E-state index contributed by atoms with van der Waals surface area (Å²) in [5.74, 6) is -1.00. The fourth-order valence-electron chi connectivity index (χ4n) is 2.86. The maximum Gasteiger partial charge on any atom is 0.417 e. The van der Waals surface area contributed by atoms with E-state index in [-0.39, 0.29) is 29.0 Å². The van der Waals surface area contributed by atoms with Gasteiger partial charge in [0, 0.05) is 12.1 Å². The Morgan fingerprint density at radius 3 is 2.75 bits per heavy atom. The molecule has 130 valence electrons. The average Bonchev–Trinajstić information content (AvgIpc) is 2.93. The molecule has 1 aromatic carbocycles. The Bertz CT molecular complexity index is 893. The summed E-state index contributed by atoms with van der Waals surface area (Å²) in [4.78, 5) is 25.4. The van der Waals surface area contributed by atoms with Crippen LogP contribution in [0.25, 0.3) is 11.1 Å². The SMILES string of the molecule is O=C(CNS(=O)(=O)c1ccc2[nH]c(=O)oc2c1)NC1CCCCC1. The minimum absolute atomic E-state index is 0.0665. The topological polar surface area (TPSA) is 121 Å². The number of carbonyl (C=O) groups excluding carboxylic acids is 1. The fourth-order valence-corrected chi connectivity index (χ4v) is 3.86. The second kappa shape index (κ2) is 6.78. The van der Waals surface area contributed by atoms with Crippen molar-refractivity contribution in [2.75, 3.05) is 6.54 Å². The van der Waals surface area contributed by atoms with Crippen molar-refractivity contribution in [2.24, 2.45) is 0 Å². The van der Waals surface area contributed by atoms with Crippen LogP contribution in [0.15, 0.2) is 32.3 Å². The van der Waals surface area contributed by atoms with E-state index in [1.807, 2.05) is 0 Å². The van der Waals surface area contributed by atoms with Crippen molar-refractivity contribution in [2.45, 2.75) is 43.0 Å². The molecule has 1 fully saturated rings. The average molecular weight is 353 g/mol. The van der Waals surface area contributed by atoms with E-state index in [1.165, 1.54) is 24.6 Å². The molecule has 0 saturated heterocycles. The number of amides is 1. The van der Waals surface area contributed by atoms with Gasteiger partial charge in [0.05, 0.1) is 17.0 Å². The van der Waals surface area contributed by atoms with Crippen molar-refractivity contribution < 1.29 is 17.6 Å². The van der Waals surface area contributed by atoms with Crippen LogP contribution < -0.4 is 15.8 Å². The zero-order valence-corrected chi connectivity index (χ0v) is 13.8. The van der Waals surface area contributed by atoms with Crippen LogP contribution in [0.5, 0.6) is 0 Å². The van der Waals surface area contributed by atoms with Gasteiger partial charge in [0.25, 0.3) is 0 Å². The molecule has 3 rings (SSSR count). The Balaban J connectivity index is 1.63. The number of hydrogen-bond acceptors (Lipinski definition) is 5. The summed E-state index contributed by atoms with van der Waals surface area (Å²) in [5, 5.41) is 2.85. The third kappa shape index (κ3) is 3.85. The zero-order valence-electron chi connectivity index (χ0n) is 13.0. The van der Waals surface area contributed by atoms with Gasteiger partial charge in [-0.05, 0) is 25.0 Å². The van der Waals surface area contributed by atoms with E-state index in [1.54, 1.807) is 0 Å². The van der Waals surface area contributed by atoms with Gasteiger partial charge >= 0.3 is 5.76 Å². The van der Waals surface area contributed by atoms with Crippen molar-refractivity contribution in [1.29, 1.82) is 0 Å². The highest BCUT2D eigenvalue weighted by molar-refractivity contribution is 7.89. The van der Waals surface area contributed by atoms with E-state index >= 15 is 0 Å². The summed E-state index contributed by atoms with van der Waals surface area (Å²) in [6.45, 7) is -0.325. The lowest BCUT2D eigenvalue weighted by atomic mass is 9.95. The molecular weight excluding hydrogens is 334 g/mol. The first-order chi connectivity index (χ1) is 11.4. The number of carbonyl (C=O) groups is 1. The Kier molecular flexibility index (Phi) is 4.72. The molecule has 1 saturated carbocycles. The first-order valence-corrected chi connectivity index (χ1v) is 9.34. The molecule has 1 amide bonds. The standard InChI is InChI=1S/C15H19N3O5S/c19-14(17-10-4-2-1-3-5-10)9-16-24(21,22)11-6-7-12-13(8-11)23-15(20)18-12/h6-8,10,16H,1-5,9H2,(H,17,19)(H,18,20). The van der Waals surface area contributed by atoms with Crippen LogP contribution in [0.4, 0.5) is 0 Å². The molecule has 0 bridgehead atoms. The predicted molar refractivity (Wildman–Crippen MR) is 87.0 cm³/mol. The molecule has 24 heavy (non-hydrogen) atoms. The second-order valence-electron chi connectivity index (χ2n) is 5.90. The molecule has 9 heteroatoms. The third-order valence-electron chi connectivity index (χ3n) is 4.10. The van der Waals surface area contributed by atoms with Crippen LogP contribution in [0.1, 0.15) is 32.1 Å². The first kappa shape index (κ1) is 16.7. The van der Waals surface area contributed by atoms with E-state index in [0.717, 1.165) is 25.7 Å². The number of aromatic nitrogens is 1. The summed E-state index contributed by atoms with van der Waals surface area (Å²) in [6.07, 6.45) is 5.21. The van der Waals surface area contributed by atoms with E-state index in [9.17, 15) is 18.0 Å². The minimum Gasteiger partial charge on any atom is -0.408 e. The molecule has 8 nitrogen and oxygen atoms in total. The normalized spacial score (nSPS) is 16.3. The highest BCUT2D eigenvalue weighted by atomic mass is 32.2. The summed E-state index contributed by atoms with van der Waals surface area (Å²) in [6, 6.07) is 4.15. The van der Waals surface area contributed by atoms with Crippen LogP contribution in [0.2, 0.25) is 0 Å². The highest BCUT2D eigenvalue weighted by Crippen LogP contribution is 2.18. The molecule has 0 spiro atoms. The maximum atomic E-state index is 12.3. The van der Waals surface area contributed by atoms with Gasteiger partial charge in [-0.1, -0.05) is 19.3 Å². The molecule has 0 radical (unpaired) electrons. The van der Waals surface area contributed by atoms with Crippen molar-refractivity contribution in [3.8, 4) is 0 Å². The molecule has 0 unspecified atom stereocenters. The number of hydrogen-bond donors (Lipinski definition) is 3. The minimum atomic E-state index is -3.87. The summed E-state index contributed by atoms with van der Waals surface area (Å²) >= 11 is 0.